The van der Waals surface area contributed by atoms with E-state index in [1.54, 1.807) is 11.3 Å². The highest BCUT2D eigenvalue weighted by atomic mass is 79.9. The van der Waals surface area contributed by atoms with Crippen LogP contribution < -0.4 is 4.90 Å². The molecule has 0 unspecified atom stereocenters. The summed E-state index contributed by atoms with van der Waals surface area (Å²) in [5, 5.41) is 3.46. The van der Waals surface area contributed by atoms with Crippen LogP contribution >= 0.6 is 50.5 Å². The Bertz CT molecular complexity index is 1150. The lowest BCUT2D eigenvalue weighted by molar-refractivity contribution is 0.385. The number of piperazine rings is 1. The maximum Gasteiger partial charge on any atom is 0.244 e. The van der Waals surface area contributed by atoms with Crippen LogP contribution in [-0.2, 0) is 10.0 Å². The van der Waals surface area contributed by atoms with Gasteiger partial charge in [0.05, 0.1) is 10.7 Å². The summed E-state index contributed by atoms with van der Waals surface area (Å²) < 4.78 is 28.4. The molecule has 2 aromatic carbocycles. The van der Waals surface area contributed by atoms with E-state index in [9.17, 15) is 8.42 Å². The molecule has 152 valence electrons. The first-order valence-electron chi connectivity index (χ1n) is 8.76. The molecule has 0 N–H and O–H groups in total. The number of sulfonamides is 1. The molecule has 0 saturated carbocycles. The average Bonchev–Trinajstić information content (AvgIpc) is 3.18. The van der Waals surface area contributed by atoms with Crippen molar-refractivity contribution in [2.45, 2.75) is 4.90 Å². The standard InChI is InChI=1S/C19H16BrCl2N3O2S2/c20-14-3-1-2-13(10-14)17-12-28-19(23-17)24-6-8-25(9-7-24)29(26,27)18-5-4-15(21)11-16(18)22/h1-5,10-12H,6-9H2. The van der Waals surface area contributed by atoms with Gasteiger partial charge in [-0.15, -0.1) is 11.3 Å². The van der Waals surface area contributed by atoms with Crippen LogP contribution in [0.2, 0.25) is 10.0 Å². The summed E-state index contributed by atoms with van der Waals surface area (Å²) >= 11 is 17.0. The number of hydrogen-bond acceptors (Lipinski definition) is 5. The lowest BCUT2D eigenvalue weighted by Crippen LogP contribution is -2.48. The first-order valence-corrected chi connectivity index (χ1v) is 12.6. The minimum absolute atomic E-state index is 0.0863. The molecular formula is C19H16BrCl2N3O2S2. The average molecular weight is 533 g/mol. The number of anilines is 1. The Labute approximate surface area is 192 Å². The van der Waals surface area contributed by atoms with Crippen molar-refractivity contribution < 1.29 is 8.42 Å². The highest BCUT2D eigenvalue weighted by molar-refractivity contribution is 9.10. The van der Waals surface area contributed by atoms with Crippen molar-refractivity contribution >= 4 is 65.6 Å². The van der Waals surface area contributed by atoms with Gasteiger partial charge < -0.3 is 4.90 Å². The Kier molecular flexibility index (Phi) is 6.20. The third kappa shape index (κ3) is 4.47. The minimum atomic E-state index is -3.66. The number of benzene rings is 2. The molecule has 1 aliphatic heterocycles. The van der Waals surface area contributed by atoms with Crippen molar-refractivity contribution in [1.82, 2.24) is 9.29 Å². The number of halogens is 3. The summed E-state index contributed by atoms with van der Waals surface area (Å²) in [6.07, 6.45) is 0. The molecule has 0 atom stereocenters. The minimum Gasteiger partial charge on any atom is -0.345 e. The molecule has 0 amide bonds. The molecule has 5 nitrogen and oxygen atoms in total. The molecule has 0 spiro atoms. The fraction of sp³-hybridized carbons (Fsp3) is 0.211. The van der Waals surface area contributed by atoms with Gasteiger partial charge in [0.25, 0.3) is 0 Å². The van der Waals surface area contributed by atoms with Gasteiger partial charge in [0.15, 0.2) is 5.13 Å². The van der Waals surface area contributed by atoms with Gasteiger partial charge in [0, 0.05) is 46.6 Å². The normalized spacial score (nSPS) is 15.6. The maximum absolute atomic E-state index is 12.9. The van der Waals surface area contributed by atoms with Gasteiger partial charge in [0.2, 0.25) is 10.0 Å². The van der Waals surface area contributed by atoms with Gasteiger partial charge in [-0.2, -0.15) is 4.31 Å². The molecule has 1 fully saturated rings. The number of rotatable bonds is 4. The van der Waals surface area contributed by atoms with Gasteiger partial charge in [-0.25, -0.2) is 13.4 Å². The smallest absolute Gasteiger partial charge is 0.244 e. The van der Waals surface area contributed by atoms with E-state index < -0.39 is 10.0 Å². The monoisotopic (exact) mass is 531 g/mol. The Morgan fingerprint density at radius 3 is 2.48 bits per heavy atom. The summed E-state index contributed by atoms with van der Waals surface area (Å²) in [6.45, 7) is 1.87. The van der Waals surface area contributed by atoms with Crippen LogP contribution in [0.15, 0.2) is 57.2 Å². The van der Waals surface area contributed by atoms with Crippen molar-refractivity contribution in [2.75, 3.05) is 31.1 Å². The zero-order valence-corrected chi connectivity index (χ0v) is 19.8. The molecule has 1 aliphatic rings. The quantitative estimate of drug-likeness (QED) is 0.452. The van der Waals surface area contributed by atoms with E-state index >= 15 is 0 Å². The van der Waals surface area contributed by atoms with Gasteiger partial charge in [-0.1, -0.05) is 51.3 Å². The Balaban J connectivity index is 1.47. The van der Waals surface area contributed by atoms with Crippen LogP contribution in [0.3, 0.4) is 0 Å². The first kappa shape index (κ1) is 21.1. The van der Waals surface area contributed by atoms with E-state index in [1.807, 2.05) is 29.6 Å². The highest BCUT2D eigenvalue weighted by Gasteiger charge is 2.31. The van der Waals surface area contributed by atoms with Crippen molar-refractivity contribution in [3.8, 4) is 11.3 Å². The summed E-state index contributed by atoms with van der Waals surface area (Å²) in [5.74, 6) is 0. The van der Waals surface area contributed by atoms with E-state index in [2.05, 4.69) is 20.8 Å². The van der Waals surface area contributed by atoms with E-state index in [1.165, 1.54) is 22.5 Å². The van der Waals surface area contributed by atoms with Crippen LogP contribution in [0.4, 0.5) is 5.13 Å². The van der Waals surface area contributed by atoms with E-state index in [4.69, 9.17) is 28.2 Å². The first-order chi connectivity index (χ1) is 13.8. The van der Waals surface area contributed by atoms with E-state index in [0.717, 1.165) is 20.9 Å². The number of nitrogens with zero attached hydrogens (tertiary/aromatic N) is 3. The highest BCUT2D eigenvalue weighted by Crippen LogP contribution is 2.31. The Morgan fingerprint density at radius 1 is 1.03 bits per heavy atom. The van der Waals surface area contributed by atoms with Crippen LogP contribution in [0.1, 0.15) is 0 Å². The van der Waals surface area contributed by atoms with Gasteiger partial charge in [-0.05, 0) is 30.3 Å². The van der Waals surface area contributed by atoms with Gasteiger partial charge >= 0.3 is 0 Å². The number of aromatic nitrogens is 1. The molecule has 10 heteroatoms. The third-order valence-corrected chi connectivity index (χ3v) is 8.64. The summed E-state index contributed by atoms with van der Waals surface area (Å²) in [6, 6.07) is 12.4. The van der Waals surface area contributed by atoms with E-state index in [-0.39, 0.29) is 9.92 Å². The Morgan fingerprint density at radius 2 is 1.79 bits per heavy atom. The summed E-state index contributed by atoms with van der Waals surface area (Å²) in [7, 11) is -3.66. The predicted molar refractivity (Wildman–Crippen MR) is 123 cm³/mol. The second kappa shape index (κ2) is 8.53. The topological polar surface area (TPSA) is 53.5 Å². The van der Waals surface area contributed by atoms with Gasteiger partial charge in [0.1, 0.15) is 4.90 Å². The summed E-state index contributed by atoms with van der Waals surface area (Å²) in [5.41, 5.74) is 1.95. The third-order valence-electron chi connectivity index (χ3n) is 4.63. The predicted octanol–water partition coefficient (Wildman–Crippen LogP) is 5.39. The number of hydrogen-bond donors (Lipinski definition) is 0. The second-order valence-corrected chi connectivity index (χ2v) is 11.0. The molecule has 29 heavy (non-hydrogen) atoms. The van der Waals surface area contributed by atoms with Crippen molar-refractivity contribution in [2.24, 2.45) is 0 Å². The molecule has 0 bridgehead atoms. The Hall–Kier alpha value is -1.16. The molecule has 3 aromatic rings. The van der Waals surface area contributed by atoms with E-state index in [0.29, 0.717) is 31.2 Å². The van der Waals surface area contributed by atoms with Gasteiger partial charge in [-0.3, -0.25) is 0 Å². The maximum atomic E-state index is 12.9. The van der Waals surface area contributed by atoms with Crippen molar-refractivity contribution in [3.05, 3.63) is 62.4 Å². The lowest BCUT2D eigenvalue weighted by atomic mass is 10.2. The molecule has 0 radical (unpaired) electrons. The van der Waals surface area contributed by atoms with Crippen molar-refractivity contribution in [3.63, 3.8) is 0 Å². The van der Waals surface area contributed by atoms with Crippen molar-refractivity contribution in [1.29, 1.82) is 0 Å². The molecule has 0 aliphatic carbocycles. The van der Waals surface area contributed by atoms with Crippen LogP contribution in [0, 0.1) is 0 Å². The second-order valence-electron chi connectivity index (χ2n) is 6.49. The summed E-state index contributed by atoms with van der Waals surface area (Å²) in [4.78, 5) is 6.93. The molecule has 2 heterocycles. The molecule has 1 aromatic heterocycles. The molecule has 4 rings (SSSR count). The largest absolute Gasteiger partial charge is 0.345 e. The van der Waals surface area contributed by atoms with Crippen LogP contribution in [-0.4, -0.2) is 43.9 Å². The van der Waals surface area contributed by atoms with Crippen LogP contribution in [0.5, 0.6) is 0 Å². The molecule has 1 saturated heterocycles. The number of thiazole rings is 1. The lowest BCUT2D eigenvalue weighted by Gasteiger charge is -2.33. The molecular weight excluding hydrogens is 517 g/mol. The zero-order chi connectivity index (χ0) is 20.6. The van der Waals surface area contributed by atoms with Crippen LogP contribution in [0.25, 0.3) is 11.3 Å². The fourth-order valence-electron chi connectivity index (χ4n) is 3.13. The fourth-order valence-corrected chi connectivity index (χ4v) is 6.59. The zero-order valence-electron chi connectivity index (χ0n) is 15.1. The SMILES string of the molecule is O=S(=O)(c1ccc(Cl)cc1Cl)N1CCN(c2nc(-c3cccc(Br)c3)cs2)CC1.